The Labute approximate surface area is 163 Å². The molecule has 0 atom stereocenters. The number of aliphatic hydroxyl groups excluding tert-OH is 1. The summed E-state index contributed by atoms with van der Waals surface area (Å²) in [6.45, 7) is 4.59. The number of hydrogen-bond donors (Lipinski definition) is 1. The molecule has 0 bridgehead atoms. The molecule has 0 saturated heterocycles. The zero-order valence-electron chi connectivity index (χ0n) is 16.5. The molecule has 0 amide bonds. The van der Waals surface area contributed by atoms with Crippen molar-refractivity contribution in [3.63, 3.8) is 0 Å². The maximum atomic E-state index is 12.9. The van der Waals surface area contributed by atoms with Crippen LogP contribution in [-0.2, 0) is 22.3 Å². The molecule has 0 aromatic carbocycles. The fourth-order valence-corrected chi connectivity index (χ4v) is 3.62. The molecule has 1 aliphatic rings. The first-order valence-corrected chi connectivity index (χ1v) is 9.89. The zero-order chi connectivity index (χ0) is 20.7. The predicted molar refractivity (Wildman–Crippen MR) is 99.8 cm³/mol. The lowest BCUT2D eigenvalue weighted by molar-refractivity contribution is -0.151. The summed E-state index contributed by atoms with van der Waals surface area (Å²) < 4.78 is 44.2. The molecular weight excluding hydrogens is 373 g/mol. The van der Waals surface area contributed by atoms with E-state index in [0.29, 0.717) is 31.2 Å². The number of aromatic nitrogens is 1. The second-order valence-electron chi connectivity index (χ2n) is 7.28. The average molecular weight is 402 g/mol. The van der Waals surface area contributed by atoms with Gasteiger partial charge in [-0.25, -0.2) is 4.98 Å². The number of pyridine rings is 1. The van der Waals surface area contributed by atoms with Crippen LogP contribution in [0, 0.1) is 5.92 Å². The molecule has 1 saturated carbocycles. The SMILES string of the molecule is CCCC(=O)OC1CCC(CN(CC)c2ncc(C(F)(F)F)cc2CO)CC1. The molecule has 1 aromatic rings. The van der Waals surface area contributed by atoms with Crippen molar-refractivity contribution < 1.29 is 27.8 Å². The molecule has 0 aliphatic heterocycles. The van der Waals surface area contributed by atoms with Gasteiger partial charge in [0.05, 0.1) is 12.2 Å². The Bertz CT molecular complexity index is 644. The van der Waals surface area contributed by atoms with Crippen molar-refractivity contribution in [1.82, 2.24) is 4.98 Å². The van der Waals surface area contributed by atoms with Crippen LogP contribution in [0.25, 0.3) is 0 Å². The number of carbonyl (C=O) groups excluding carboxylic acids is 1. The van der Waals surface area contributed by atoms with Crippen LogP contribution < -0.4 is 4.90 Å². The molecule has 158 valence electrons. The van der Waals surface area contributed by atoms with Crippen molar-refractivity contribution in [2.45, 2.75) is 71.3 Å². The number of aliphatic hydroxyl groups is 1. The van der Waals surface area contributed by atoms with Crippen molar-refractivity contribution >= 4 is 11.8 Å². The van der Waals surface area contributed by atoms with E-state index < -0.39 is 18.3 Å². The minimum Gasteiger partial charge on any atom is -0.462 e. The summed E-state index contributed by atoms with van der Waals surface area (Å²) in [5.74, 6) is 0.592. The van der Waals surface area contributed by atoms with Crippen LogP contribution in [0.3, 0.4) is 0 Å². The van der Waals surface area contributed by atoms with Gasteiger partial charge >= 0.3 is 12.1 Å². The van der Waals surface area contributed by atoms with Crippen LogP contribution in [-0.4, -0.2) is 35.3 Å². The molecule has 28 heavy (non-hydrogen) atoms. The number of anilines is 1. The number of alkyl halides is 3. The summed E-state index contributed by atoms with van der Waals surface area (Å²) in [6, 6.07) is 0.967. The molecule has 1 aliphatic carbocycles. The molecule has 1 N–H and O–H groups in total. The second kappa shape index (κ2) is 10.1. The monoisotopic (exact) mass is 402 g/mol. The number of ether oxygens (including phenoxy) is 1. The van der Waals surface area contributed by atoms with Crippen LogP contribution in [0.4, 0.5) is 19.0 Å². The van der Waals surface area contributed by atoms with Gasteiger partial charge < -0.3 is 14.7 Å². The molecule has 5 nitrogen and oxygen atoms in total. The number of halogens is 3. The Kier molecular flexibility index (Phi) is 8.10. The topological polar surface area (TPSA) is 62.7 Å². The van der Waals surface area contributed by atoms with E-state index in [4.69, 9.17) is 4.74 Å². The third-order valence-corrected chi connectivity index (χ3v) is 5.15. The highest BCUT2D eigenvalue weighted by molar-refractivity contribution is 5.69. The lowest BCUT2D eigenvalue weighted by Crippen LogP contribution is -2.34. The summed E-state index contributed by atoms with van der Waals surface area (Å²) in [5.41, 5.74) is -0.676. The predicted octanol–water partition coefficient (Wildman–Crippen LogP) is 4.32. The fraction of sp³-hybridized carbons (Fsp3) is 0.700. The summed E-state index contributed by atoms with van der Waals surface area (Å²) in [7, 11) is 0. The Morgan fingerprint density at radius 1 is 1.29 bits per heavy atom. The van der Waals surface area contributed by atoms with E-state index in [9.17, 15) is 23.1 Å². The molecule has 0 unspecified atom stereocenters. The first kappa shape index (κ1) is 22.5. The summed E-state index contributed by atoms with van der Waals surface area (Å²) >= 11 is 0. The van der Waals surface area contributed by atoms with Gasteiger partial charge in [0.2, 0.25) is 0 Å². The lowest BCUT2D eigenvalue weighted by Gasteiger charge is -2.33. The van der Waals surface area contributed by atoms with Gasteiger partial charge in [0.1, 0.15) is 11.9 Å². The van der Waals surface area contributed by atoms with Gasteiger partial charge in [0, 0.05) is 31.3 Å². The van der Waals surface area contributed by atoms with Gasteiger partial charge in [-0.3, -0.25) is 4.79 Å². The van der Waals surface area contributed by atoms with Crippen molar-refractivity contribution in [2.24, 2.45) is 5.92 Å². The smallest absolute Gasteiger partial charge is 0.417 e. The molecular formula is C20H29F3N2O3. The van der Waals surface area contributed by atoms with Gasteiger partial charge in [0.15, 0.2) is 0 Å². The maximum absolute atomic E-state index is 12.9. The first-order chi connectivity index (χ1) is 13.3. The largest absolute Gasteiger partial charge is 0.462 e. The summed E-state index contributed by atoms with van der Waals surface area (Å²) in [6.07, 6.45) is 0.866. The van der Waals surface area contributed by atoms with Crippen molar-refractivity contribution in [1.29, 1.82) is 0 Å². The number of hydrogen-bond acceptors (Lipinski definition) is 5. The summed E-state index contributed by atoms with van der Waals surface area (Å²) in [4.78, 5) is 17.5. The molecule has 0 radical (unpaired) electrons. The van der Waals surface area contributed by atoms with Crippen molar-refractivity contribution in [2.75, 3.05) is 18.0 Å². The molecule has 1 aromatic heterocycles. The Morgan fingerprint density at radius 3 is 2.50 bits per heavy atom. The van der Waals surface area contributed by atoms with Crippen LogP contribution in [0.15, 0.2) is 12.3 Å². The highest BCUT2D eigenvalue weighted by Gasteiger charge is 2.32. The van der Waals surface area contributed by atoms with E-state index in [1.807, 2.05) is 18.7 Å². The normalized spacial score (nSPS) is 20.1. The molecule has 0 spiro atoms. The van der Waals surface area contributed by atoms with E-state index in [0.717, 1.165) is 44.4 Å². The van der Waals surface area contributed by atoms with Crippen LogP contribution in [0.5, 0.6) is 0 Å². The number of rotatable bonds is 8. The van der Waals surface area contributed by atoms with Gasteiger partial charge in [-0.1, -0.05) is 6.92 Å². The number of carbonyl (C=O) groups is 1. The third-order valence-electron chi connectivity index (χ3n) is 5.15. The van der Waals surface area contributed by atoms with Crippen LogP contribution in [0.1, 0.15) is 63.5 Å². The van der Waals surface area contributed by atoms with E-state index in [1.165, 1.54) is 0 Å². The highest BCUT2D eigenvalue weighted by atomic mass is 19.4. The first-order valence-electron chi connectivity index (χ1n) is 9.89. The molecule has 8 heteroatoms. The molecule has 2 rings (SSSR count). The average Bonchev–Trinajstić information content (AvgIpc) is 2.66. The standard InChI is InChI=1S/C20H29F3N2O3/c1-3-5-18(27)28-17-8-6-14(7-9-17)12-25(4-2)19-15(13-26)10-16(11-24-19)20(21,22)23/h10-11,14,17,26H,3-9,12-13H2,1-2H3. The molecule has 1 fully saturated rings. The highest BCUT2D eigenvalue weighted by Crippen LogP contribution is 2.33. The Hall–Kier alpha value is -1.83. The molecule has 1 heterocycles. The van der Waals surface area contributed by atoms with Crippen LogP contribution in [0.2, 0.25) is 0 Å². The number of esters is 1. The minimum atomic E-state index is -4.49. The van der Waals surface area contributed by atoms with Crippen molar-refractivity contribution in [3.8, 4) is 0 Å². The lowest BCUT2D eigenvalue weighted by atomic mass is 9.87. The van der Waals surface area contributed by atoms with Gasteiger partial charge in [-0.15, -0.1) is 0 Å². The van der Waals surface area contributed by atoms with Gasteiger partial charge in [0.25, 0.3) is 0 Å². The minimum absolute atomic E-state index is 0.0393. The van der Waals surface area contributed by atoms with E-state index in [2.05, 4.69) is 4.98 Å². The maximum Gasteiger partial charge on any atom is 0.417 e. The Balaban J connectivity index is 1.99. The third kappa shape index (κ3) is 6.09. The van der Waals surface area contributed by atoms with Gasteiger partial charge in [-0.05, 0) is 51.0 Å². The second-order valence-corrected chi connectivity index (χ2v) is 7.28. The Morgan fingerprint density at radius 2 is 1.96 bits per heavy atom. The fourth-order valence-electron chi connectivity index (χ4n) is 3.62. The van der Waals surface area contributed by atoms with Gasteiger partial charge in [-0.2, -0.15) is 13.2 Å². The van der Waals surface area contributed by atoms with E-state index >= 15 is 0 Å². The zero-order valence-corrected chi connectivity index (χ0v) is 16.5. The quantitative estimate of drug-likeness (QED) is 0.656. The van der Waals surface area contributed by atoms with Crippen molar-refractivity contribution in [3.05, 3.63) is 23.4 Å². The number of nitrogens with zero attached hydrogens (tertiary/aromatic N) is 2. The van der Waals surface area contributed by atoms with E-state index in [1.54, 1.807) is 0 Å². The summed E-state index contributed by atoms with van der Waals surface area (Å²) in [5, 5.41) is 9.54. The van der Waals surface area contributed by atoms with Crippen LogP contribution >= 0.6 is 0 Å². The van der Waals surface area contributed by atoms with E-state index in [-0.39, 0.29) is 17.6 Å².